The van der Waals surface area contributed by atoms with Crippen molar-refractivity contribution in [3.8, 4) is 0 Å². The predicted molar refractivity (Wildman–Crippen MR) is 73.4 cm³/mol. The van der Waals surface area contributed by atoms with Gasteiger partial charge in [0.1, 0.15) is 11.0 Å². The molecule has 1 aromatic rings. The van der Waals surface area contributed by atoms with Gasteiger partial charge in [-0.05, 0) is 32.6 Å². The lowest BCUT2D eigenvalue weighted by Gasteiger charge is -2.39. The number of anilines is 1. The molecule has 0 aromatic carbocycles. The first-order valence-electron chi connectivity index (χ1n) is 6.37. The van der Waals surface area contributed by atoms with Crippen molar-refractivity contribution in [2.75, 3.05) is 18.0 Å². The molecule has 2 heterocycles. The molecule has 1 aromatic heterocycles. The highest BCUT2D eigenvalue weighted by molar-refractivity contribution is 6.29. The first-order chi connectivity index (χ1) is 8.91. The van der Waals surface area contributed by atoms with E-state index < -0.39 is 11.4 Å². The van der Waals surface area contributed by atoms with Crippen molar-refractivity contribution in [1.29, 1.82) is 0 Å². The third-order valence-electron chi connectivity index (χ3n) is 3.91. The van der Waals surface area contributed by atoms with Crippen molar-refractivity contribution < 1.29 is 9.90 Å². The van der Waals surface area contributed by atoms with E-state index in [1.165, 1.54) is 6.20 Å². The van der Waals surface area contributed by atoms with E-state index in [1.54, 1.807) is 20.0 Å². The number of carbonyl (C=O) groups is 1. The zero-order valence-corrected chi connectivity index (χ0v) is 11.9. The number of carboxylic acids is 1. The summed E-state index contributed by atoms with van der Waals surface area (Å²) in [5.41, 5.74) is -0.731. The maximum absolute atomic E-state index is 11.3. The molecule has 0 spiro atoms. The topological polar surface area (TPSA) is 66.3 Å². The highest BCUT2D eigenvalue weighted by Crippen LogP contribution is 2.35. The summed E-state index contributed by atoms with van der Waals surface area (Å²) in [5.74, 6) is 0.0643. The van der Waals surface area contributed by atoms with Gasteiger partial charge in [-0.25, -0.2) is 4.98 Å². The zero-order valence-electron chi connectivity index (χ0n) is 11.1. The van der Waals surface area contributed by atoms with Gasteiger partial charge in [-0.1, -0.05) is 11.6 Å². The molecule has 1 aliphatic heterocycles. The van der Waals surface area contributed by atoms with Crippen molar-refractivity contribution in [1.82, 2.24) is 9.97 Å². The Morgan fingerprint density at radius 1 is 1.53 bits per heavy atom. The van der Waals surface area contributed by atoms with Crippen LogP contribution in [-0.2, 0) is 4.79 Å². The summed E-state index contributed by atoms with van der Waals surface area (Å²) in [5, 5.41) is 9.69. The molecule has 0 aliphatic carbocycles. The summed E-state index contributed by atoms with van der Waals surface area (Å²) >= 11 is 5.85. The van der Waals surface area contributed by atoms with E-state index in [9.17, 15) is 9.90 Å². The molecular formula is C13H18ClN3O2. The van der Waals surface area contributed by atoms with E-state index in [4.69, 9.17) is 11.6 Å². The first-order valence-corrected chi connectivity index (χ1v) is 6.75. The van der Waals surface area contributed by atoms with Gasteiger partial charge in [0.15, 0.2) is 0 Å². The van der Waals surface area contributed by atoms with Gasteiger partial charge >= 0.3 is 5.97 Å². The van der Waals surface area contributed by atoms with Crippen LogP contribution in [0.15, 0.2) is 12.4 Å². The number of rotatable bonds is 3. The number of aliphatic carboxylic acids is 1. The van der Waals surface area contributed by atoms with Crippen LogP contribution in [0.5, 0.6) is 0 Å². The summed E-state index contributed by atoms with van der Waals surface area (Å²) in [4.78, 5) is 21.7. The van der Waals surface area contributed by atoms with Crippen LogP contribution in [-0.4, -0.2) is 34.1 Å². The fourth-order valence-corrected chi connectivity index (χ4v) is 2.58. The Morgan fingerprint density at radius 2 is 2.26 bits per heavy atom. The predicted octanol–water partition coefficient (Wildman–Crippen LogP) is 2.46. The monoisotopic (exact) mass is 283 g/mol. The number of hydrogen-bond donors (Lipinski definition) is 1. The minimum Gasteiger partial charge on any atom is -0.481 e. The molecule has 0 bridgehead atoms. The molecular weight excluding hydrogens is 266 g/mol. The summed E-state index contributed by atoms with van der Waals surface area (Å²) in [6.45, 7) is 5.11. The standard InChI is InChI=1S/C13H18ClN3O2/c1-13(2,12(18)19)9-4-3-5-17(8-9)11-7-15-6-10(14)16-11/h6-7,9H,3-5,8H2,1-2H3,(H,18,19). The summed E-state index contributed by atoms with van der Waals surface area (Å²) in [6.07, 6.45) is 5.04. The molecule has 1 fully saturated rings. The number of aromatic nitrogens is 2. The summed E-state index contributed by atoms with van der Waals surface area (Å²) in [7, 11) is 0. The third kappa shape index (κ3) is 2.97. The lowest BCUT2D eigenvalue weighted by atomic mass is 9.74. The molecule has 0 saturated carbocycles. The number of piperidine rings is 1. The largest absolute Gasteiger partial charge is 0.481 e. The molecule has 6 heteroatoms. The van der Waals surface area contributed by atoms with Crippen LogP contribution in [0.1, 0.15) is 26.7 Å². The second-order valence-electron chi connectivity index (χ2n) is 5.51. The Labute approximate surface area is 117 Å². The van der Waals surface area contributed by atoms with Gasteiger partial charge in [0.05, 0.1) is 17.8 Å². The third-order valence-corrected chi connectivity index (χ3v) is 4.09. The highest BCUT2D eigenvalue weighted by atomic mass is 35.5. The molecule has 1 saturated heterocycles. The quantitative estimate of drug-likeness (QED) is 0.923. The average molecular weight is 284 g/mol. The van der Waals surface area contributed by atoms with Crippen LogP contribution in [0.4, 0.5) is 5.82 Å². The van der Waals surface area contributed by atoms with E-state index in [1.807, 2.05) is 0 Å². The normalized spacial score (nSPS) is 20.4. The van der Waals surface area contributed by atoms with Crippen molar-refractivity contribution in [2.24, 2.45) is 11.3 Å². The van der Waals surface area contributed by atoms with Crippen molar-refractivity contribution >= 4 is 23.4 Å². The van der Waals surface area contributed by atoms with Crippen LogP contribution in [0, 0.1) is 11.3 Å². The van der Waals surface area contributed by atoms with Gasteiger partial charge in [-0.2, -0.15) is 0 Å². The maximum Gasteiger partial charge on any atom is 0.309 e. The molecule has 2 rings (SSSR count). The number of hydrogen-bond acceptors (Lipinski definition) is 4. The van der Waals surface area contributed by atoms with Gasteiger partial charge in [-0.15, -0.1) is 0 Å². The van der Waals surface area contributed by atoms with Crippen molar-refractivity contribution in [3.63, 3.8) is 0 Å². The molecule has 1 N–H and O–H groups in total. The van der Waals surface area contributed by atoms with E-state index in [-0.39, 0.29) is 5.92 Å². The molecule has 1 atom stereocenters. The Balaban J connectivity index is 2.16. The zero-order chi connectivity index (χ0) is 14.0. The van der Waals surface area contributed by atoms with E-state index in [0.717, 1.165) is 25.2 Å². The van der Waals surface area contributed by atoms with Crippen molar-refractivity contribution in [2.45, 2.75) is 26.7 Å². The minimum atomic E-state index is -0.753. The minimum absolute atomic E-state index is 0.0968. The van der Waals surface area contributed by atoms with Gasteiger partial charge in [0.2, 0.25) is 0 Å². The second kappa shape index (κ2) is 5.33. The van der Waals surface area contributed by atoms with E-state index in [0.29, 0.717) is 11.7 Å². The van der Waals surface area contributed by atoms with Crippen LogP contribution < -0.4 is 4.90 Å². The van der Waals surface area contributed by atoms with Crippen molar-refractivity contribution in [3.05, 3.63) is 17.5 Å². The molecule has 0 radical (unpaired) electrons. The van der Waals surface area contributed by atoms with Gasteiger partial charge < -0.3 is 10.0 Å². The van der Waals surface area contributed by atoms with Crippen LogP contribution in [0.2, 0.25) is 5.15 Å². The molecule has 104 valence electrons. The second-order valence-corrected chi connectivity index (χ2v) is 5.90. The van der Waals surface area contributed by atoms with E-state index in [2.05, 4.69) is 14.9 Å². The van der Waals surface area contributed by atoms with Crippen LogP contribution in [0.25, 0.3) is 0 Å². The van der Waals surface area contributed by atoms with Crippen LogP contribution in [0.3, 0.4) is 0 Å². The van der Waals surface area contributed by atoms with Gasteiger partial charge in [0.25, 0.3) is 0 Å². The lowest BCUT2D eigenvalue weighted by molar-refractivity contribution is -0.150. The smallest absolute Gasteiger partial charge is 0.309 e. The number of nitrogens with zero attached hydrogens (tertiary/aromatic N) is 3. The number of carboxylic acid groups (broad SMARTS) is 1. The maximum atomic E-state index is 11.3. The summed E-state index contributed by atoms with van der Waals surface area (Å²) < 4.78 is 0. The molecule has 1 unspecified atom stereocenters. The fourth-order valence-electron chi connectivity index (χ4n) is 2.43. The Bertz CT molecular complexity index is 479. The Morgan fingerprint density at radius 3 is 2.89 bits per heavy atom. The van der Waals surface area contributed by atoms with E-state index >= 15 is 0 Å². The fraction of sp³-hybridized carbons (Fsp3) is 0.615. The molecule has 19 heavy (non-hydrogen) atoms. The summed E-state index contributed by atoms with van der Waals surface area (Å²) in [6, 6.07) is 0. The highest BCUT2D eigenvalue weighted by Gasteiger charge is 2.39. The average Bonchev–Trinajstić information content (AvgIpc) is 2.38. The molecule has 0 amide bonds. The molecule has 1 aliphatic rings. The van der Waals surface area contributed by atoms with Gasteiger partial charge in [0, 0.05) is 13.1 Å². The van der Waals surface area contributed by atoms with Gasteiger partial charge in [-0.3, -0.25) is 9.78 Å². The number of halogens is 1. The Kier molecular flexibility index (Phi) is 3.94. The Hall–Kier alpha value is -1.36. The molecule has 5 nitrogen and oxygen atoms in total. The first kappa shape index (κ1) is 14.1. The SMILES string of the molecule is CC(C)(C(=O)O)C1CCCN(c2cncc(Cl)n2)C1. The van der Waals surface area contributed by atoms with Crippen LogP contribution >= 0.6 is 11.6 Å². The lowest BCUT2D eigenvalue weighted by Crippen LogP contribution is -2.45.